The van der Waals surface area contributed by atoms with E-state index in [4.69, 9.17) is 5.26 Å². The zero-order valence-electron chi connectivity index (χ0n) is 12.9. The number of fused-ring (bicyclic) bond motifs is 1. The summed E-state index contributed by atoms with van der Waals surface area (Å²) in [6, 6.07) is 8.21. The minimum absolute atomic E-state index is 0.627. The third-order valence-corrected chi connectivity index (χ3v) is 4.99. The molecule has 0 bridgehead atoms. The Balaban J connectivity index is 1.93. The van der Waals surface area contributed by atoms with Crippen LogP contribution in [0.25, 0.3) is 10.9 Å². The number of rotatable bonds is 4. The minimum atomic E-state index is 0.627. The van der Waals surface area contributed by atoms with Gasteiger partial charge in [-0.05, 0) is 62.0 Å². The lowest BCUT2D eigenvalue weighted by Crippen LogP contribution is -2.26. The molecule has 1 fully saturated rings. The van der Waals surface area contributed by atoms with Gasteiger partial charge in [0.25, 0.3) is 0 Å². The standard InChI is InChI=1S/C18H23N3/c1-3-21(2)12-14-5-4-6-15(14)17-11-20-18-8-7-13(10-19)9-16(17)18/h7-9,11,14-15,20H,3-6,12H2,1-2H3/t14-,15+/m0/s1. The Labute approximate surface area is 126 Å². The summed E-state index contributed by atoms with van der Waals surface area (Å²) in [7, 11) is 2.21. The first-order valence-corrected chi connectivity index (χ1v) is 7.92. The Hall–Kier alpha value is -1.79. The van der Waals surface area contributed by atoms with Gasteiger partial charge in [-0.15, -0.1) is 0 Å². The van der Waals surface area contributed by atoms with Crippen molar-refractivity contribution in [3.8, 4) is 6.07 Å². The summed E-state index contributed by atoms with van der Waals surface area (Å²) in [5, 5.41) is 10.4. The largest absolute Gasteiger partial charge is 0.361 e. The van der Waals surface area contributed by atoms with Crippen molar-refractivity contribution >= 4 is 10.9 Å². The molecule has 0 saturated heterocycles. The van der Waals surface area contributed by atoms with Crippen LogP contribution in [0.3, 0.4) is 0 Å². The maximum atomic E-state index is 9.13. The van der Waals surface area contributed by atoms with E-state index in [1.165, 1.54) is 36.8 Å². The smallest absolute Gasteiger partial charge is 0.0991 e. The lowest BCUT2D eigenvalue weighted by Gasteiger charge is -2.24. The van der Waals surface area contributed by atoms with E-state index >= 15 is 0 Å². The fourth-order valence-electron chi connectivity index (χ4n) is 3.71. The average Bonchev–Trinajstić information content (AvgIpc) is 3.12. The summed E-state index contributed by atoms with van der Waals surface area (Å²) in [6.45, 7) is 4.50. The van der Waals surface area contributed by atoms with E-state index in [1.807, 2.05) is 18.2 Å². The Morgan fingerprint density at radius 2 is 2.24 bits per heavy atom. The van der Waals surface area contributed by atoms with Crippen LogP contribution < -0.4 is 0 Å². The number of nitriles is 1. The number of aromatic amines is 1. The summed E-state index contributed by atoms with van der Waals surface area (Å²) in [5.41, 5.74) is 3.32. The van der Waals surface area contributed by atoms with Gasteiger partial charge < -0.3 is 9.88 Å². The summed E-state index contributed by atoms with van der Waals surface area (Å²) in [4.78, 5) is 5.80. The number of nitrogens with zero attached hydrogens (tertiary/aromatic N) is 2. The van der Waals surface area contributed by atoms with Crippen molar-refractivity contribution in [3.63, 3.8) is 0 Å². The highest BCUT2D eigenvalue weighted by molar-refractivity contribution is 5.85. The Morgan fingerprint density at radius 1 is 1.38 bits per heavy atom. The van der Waals surface area contributed by atoms with Gasteiger partial charge in [0.1, 0.15) is 0 Å². The van der Waals surface area contributed by atoms with Crippen LogP contribution in [0.15, 0.2) is 24.4 Å². The number of H-pyrrole nitrogens is 1. The second-order valence-corrected chi connectivity index (χ2v) is 6.27. The molecule has 0 spiro atoms. The highest BCUT2D eigenvalue weighted by Crippen LogP contribution is 2.42. The van der Waals surface area contributed by atoms with Gasteiger partial charge in [0.15, 0.2) is 0 Å². The number of nitrogens with one attached hydrogen (secondary N) is 1. The number of benzene rings is 1. The molecule has 1 aromatic heterocycles. The van der Waals surface area contributed by atoms with Crippen LogP contribution in [0.2, 0.25) is 0 Å². The van der Waals surface area contributed by atoms with Crippen molar-refractivity contribution in [3.05, 3.63) is 35.5 Å². The number of hydrogen-bond acceptors (Lipinski definition) is 2. The molecule has 3 heteroatoms. The molecule has 3 nitrogen and oxygen atoms in total. The van der Waals surface area contributed by atoms with Gasteiger partial charge in [-0.1, -0.05) is 13.3 Å². The van der Waals surface area contributed by atoms with Gasteiger partial charge in [-0.3, -0.25) is 0 Å². The average molecular weight is 281 g/mol. The van der Waals surface area contributed by atoms with Crippen molar-refractivity contribution in [1.29, 1.82) is 5.26 Å². The second-order valence-electron chi connectivity index (χ2n) is 6.27. The first-order chi connectivity index (χ1) is 10.2. The maximum Gasteiger partial charge on any atom is 0.0991 e. The summed E-state index contributed by atoms with van der Waals surface area (Å²) in [6.07, 6.45) is 6.07. The monoisotopic (exact) mass is 281 g/mol. The fraction of sp³-hybridized carbons (Fsp3) is 0.500. The molecule has 0 amide bonds. The molecule has 1 aliphatic carbocycles. The molecule has 2 atom stereocenters. The summed E-state index contributed by atoms with van der Waals surface area (Å²) < 4.78 is 0. The van der Waals surface area contributed by atoms with Crippen LogP contribution in [0, 0.1) is 17.2 Å². The first-order valence-electron chi connectivity index (χ1n) is 7.92. The molecule has 1 heterocycles. The Morgan fingerprint density at radius 3 is 3.00 bits per heavy atom. The highest BCUT2D eigenvalue weighted by Gasteiger charge is 2.30. The van der Waals surface area contributed by atoms with Crippen LogP contribution in [-0.2, 0) is 0 Å². The van der Waals surface area contributed by atoms with E-state index in [1.54, 1.807) is 0 Å². The Bertz CT molecular complexity index is 665. The molecule has 0 radical (unpaired) electrons. The highest BCUT2D eigenvalue weighted by atomic mass is 15.1. The van der Waals surface area contributed by atoms with Crippen molar-refractivity contribution in [1.82, 2.24) is 9.88 Å². The summed E-state index contributed by atoms with van der Waals surface area (Å²) >= 11 is 0. The normalized spacial score (nSPS) is 22.0. The minimum Gasteiger partial charge on any atom is -0.361 e. The van der Waals surface area contributed by atoms with E-state index in [0.29, 0.717) is 5.92 Å². The van der Waals surface area contributed by atoms with Crippen molar-refractivity contribution in [2.75, 3.05) is 20.1 Å². The predicted octanol–water partition coefficient (Wildman–Crippen LogP) is 3.87. The van der Waals surface area contributed by atoms with E-state index in [9.17, 15) is 0 Å². The molecule has 2 aromatic rings. The van der Waals surface area contributed by atoms with E-state index in [0.717, 1.165) is 23.5 Å². The van der Waals surface area contributed by atoms with Gasteiger partial charge in [0.05, 0.1) is 11.6 Å². The van der Waals surface area contributed by atoms with Crippen LogP contribution >= 0.6 is 0 Å². The fourth-order valence-corrected chi connectivity index (χ4v) is 3.71. The topological polar surface area (TPSA) is 42.8 Å². The summed E-state index contributed by atoms with van der Waals surface area (Å²) in [5.74, 6) is 1.36. The van der Waals surface area contributed by atoms with Gasteiger partial charge in [0.2, 0.25) is 0 Å². The van der Waals surface area contributed by atoms with Crippen LogP contribution in [0.5, 0.6) is 0 Å². The predicted molar refractivity (Wildman–Crippen MR) is 86.3 cm³/mol. The third-order valence-electron chi connectivity index (χ3n) is 4.99. The first kappa shape index (κ1) is 14.2. The second kappa shape index (κ2) is 5.91. The van der Waals surface area contributed by atoms with Crippen molar-refractivity contribution < 1.29 is 0 Å². The van der Waals surface area contributed by atoms with Gasteiger partial charge in [-0.2, -0.15) is 5.26 Å². The molecular weight excluding hydrogens is 258 g/mol. The molecule has 1 aromatic carbocycles. The Kier molecular flexibility index (Phi) is 3.98. The molecule has 110 valence electrons. The molecule has 0 aliphatic heterocycles. The zero-order chi connectivity index (χ0) is 14.8. The lowest BCUT2D eigenvalue weighted by atomic mass is 9.88. The number of aromatic nitrogens is 1. The molecule has 21 heavy (non-hydrogen) atoms. The van der Waals surface area contributed by atoms with Gasteiger partial charge in [0, 0.05) is 23.6 Å². The zero-order valence-corrected chi connectivity index (χ0v) is 12.9. The van der Waals surface area contributed by atoms with Crippen LogP contribution in [-0.4, -0.2) is 30.0 Å². The third kappa shape index (κ3) is 2.69. The lowest BCUT2D eigenvalue weighted by molar-refractivity contribution is 0.277. The van der Waals surface area contributed by atoms with Crippen LogP contribution in [0.4, 0.5) is 0 Å². The number of hydrogen-bond donors (Lipinski definition) is 1. The van der Waals surface area contributed by atoms with Gasteiger partial charge in [-0.25, -0.2) is 0 Å². The molecule has 1 aliphatic rings. The maximum absolute atomic E-state index is 9.13. The quantitative estimate of drug-likeness (QED) is 0.924. The molecule has 0 unspecified atom stereocenters. The molecule has 1 saturated carbocycles. The molecule has 1 N–H and O–H groups in total. The molecule has 3 rings (SSSR count). The van der Waals surface area contributed by atoms with E-state index in [-0.39, 0.29) is 0 Å². The SMILES string of the molecule is CCN(C)C[C@@H]1CCC[C@H]1c1c[nH]c2ccc(C#N)cc12. The van der Waals surface area contributed by atoms with E-state index < -0.39 is 0 Å². The van der Waals surface area contributed by atoms with Crippen molar-refractivity contribution in [2.45, 2.75) is 32.1 Å². The molecular formula is C18H23N3. The van der Waals surface area contributed by atoms with E-state index in [2.05, 4.69) is 36.1 Å². The van der Waals surface area contributed by atoms with Crippen molar-refractivity contribution in [2.24, 2.45) is 5.92 Å². The van der Waals surface area contributed by atoms with Crippen LogP contribution in [0.1, 0.15) is 43.2 Å². The van der Waals surface area contributed by atoms with Gasteiger partial charge >= 0.3 is 0 Å².